The Hall–Kier alpha value is -3.17. The highest BCUT2D eigenvalue weighted by molar-refractivity contribution is 7.92. The second-order valence-electron chi connectivity index (χ2n) is 5.88. The Kier molecular flexibility index (Phi) is 6.30. The molecule has 0 fully saturated rings. The van der Waals surface area contributed by atoms with Crippen LogP contribution in [0.1, 0.15) is 6.92 Å². The van der Waals surface area contributed by atoms with E-state index in [2.05, 4.69) is 20.0 Å². The molecule has 0 saturated carbocycles. The molecule has 0 aliphatic rings. The van der Waals surface area contributed by atoms with Crippen molar-refractivity contribution < 1.29 is 17.9 Å². The number of ether oxygens (including phenoxy) is 1. The fourth-order valence-corrected chi connectivity index (χ4v) is 3.41. The van der Waals surface area contributed by atoms with Gasteiger partial charge < -0.3 is 10.1 Å². The van der Waals surface area contributed by atoms with Crippen LogP contribution < -0.4 is 14.8 Å². The van der Waals surface area contributed by atoms with Gasteiger partial charge in [0.05, 0.1) is 9.92 Å². The van der Waals surface area contributed by atoms with Gasteiger partial charge in [-0.05, 0) is 49.4 Å². The van der Waals surface area contributed by atoms with Crippen LogP contribution in [0.15, 0.2) is 71.9 Å². The molecule has 0 aliphatic heterocycles. The van der Waals surface area contributed by atoms with E-state index in [4.69, 9.17) is 16.3 Å². The Morgan fingerprint density at radius 1 is 1.03 bits per heavy atom. The van der Waals surface area contributed by atoms with Crippen molar-refractivity contribution in [3.05, 3.63) is 72.0 Å². The van der Waals surface area contributed by atoms with Crippen LogP contribution in [0.4, 0.5) is 11.6 Å². The third kappa shape index (κ3) is 5.43. The van der Waals surface area contributed by atoms with Crippen molar-refractivity contribution >= 4 is 39.2 Å². The number of anilines is 2. The van der Waals surface area contributed by atoms with Crippen LogP contribution >= 0.6 is 11.6 Å². The number of hydrogen-bond acceptors (Lipinski definition) is 6. The number of carbonyl (C=O) groups is 1. The third-order valence-electron chi connectivity index (χ3n) is 3.73. The molecule has 150 valence electrons. The number of para-hydroxylation sites is 1. The maximum absolute atomic E-state index is 12.4. The van der Waals surface area contributed by atoms with E-state index in [1.54, 1.807) is 37.3 Å². The molecule has 0 aliphatic carbocycles. The van der Waals surface area contributed by atoms with E-state index in [0.29, 0.717) is 16.5 Å². The van der Waals surface area contributed by atoms with Gasteiger partial charge in [0.15, 0.2) is 6.10 Å². The summed E-state index contributed by atoms with van der Waals surface area (Å²) in [4.78, 5) is 20.0. The van der Waals surface area contributed by atoms with Crippen molar-refractivity contribution in [1.82, 2.24) is 9.97 Å². The van der Waals surface area contributed by atoms with Crippen LogP contribution in [0.25, 0.3) is 0 Å². The zero-order chi connectivity index (χ0) is 20.9. The fourth-order valence-electron chi connectivity index (χ4n) is 2.28. The zero-order valence-electron chi connectivity index (χ0n) is 15.2. The molecule has 0 spiro atoms. The lowest BCUT2D eigenvalue weighted by Crippen LogP contribution is -2.30. The molecule has 2 aromatic carbocycles. The topological polar surface area (TPSA) is 110 Å². The summed E-state index contributed by atoms with van der Waals surface area (Å²) in [6.45, 7) is 1.58. The van der Waals surface area contributed by atoms with Crippen molar-refractivity contribution in [2.75, 3.05) is 10.0 Å². The Labute approximate surface area is 173 Å². The van der Waals surface area contributed by atoms with E-state index in [1.807, 2.05) is 0 Å². The van der Waals surface area contributed by atoms with E-state index in [-0.39, 0.29) is 10.8 Å². The number of hydrogen-bond donors (Lipinski definition) is 2. The quantitative estimate of drug-likeness (QED) is 0.592. The average molecular weight is 433 g/mol. The Bertz CT molecular complexity index is 1090. The first kappa shape index (κ1) is 20.6. The molecule has 29 heavy (non-hydrogen) atoms. The normalized spacial score (nSPS) is 12.1. The van der Waals surface area contributed by atoms with Crippen LogP contribution in [0.5, 0.6) is 5.75 Å². The molecule has 3 rings (SSSR count). The highest BCUT2D eigenvalue weighted by atomic mass is 35.5. The summed E-state index contributed by atoms with van der Waals surface area (Å²) in [5.74, 6) is -0.0424. The third-order valence-corrected chi connectivity index (χ3v) is 5.39. The van der Waals surface area contributed by atoms with E-state index >= 15 is 0 Å². The van der Waals surface area contributed by atoms with Crippen LogP contribution in [-0.2, 0) is 14.8 Å². The van der Waals surface area contributed by atoms with Crippen molar-refractivity contribution in [3.8, 4) is 5.75 Å². The molecule has 1 aromatic heterocycles. The summed E-state index contributed by atoms with van der Waals surface area (Å²) in [5.41, 5.74) is 0.416. The SMILES string of the molecule is C[C@@H](Oc1ccccc1Cl)C(=O)Nc1ccc(S(=O)(=O)Nc2ncccn2)cc1. The van der Waals surface area contributed by atoms with Gasteiger partial charge in [-0.25, -0.2) is 23.1 Å². The smallest absolute Gasteiger partial charge is 0.265 e. The minimum absolute atomic E-state index is 0.00307. The number of halogens is 1. The Morgan fingerprint density at radius 2 is 1.69 bits per heavy atom. The van der Waals surface area contributed by atoms with Crippen LogP contribution in [0, 0.1) is 0 Å². The van der Waals surface area contributed by atoms with E-state index < -0.39 is 22.0 Å². The lowest BCUT2D eigenvalue weighted by Gasteiger charge is -2.15. The Morgan fingerprint density at radius 3 is 2.34 bits per heavy atom. The summed E-state index contributed by atoms with van der Waals surface area (Å²) in [5, 5.41) is 3.06. The molecular weight excluding hydrogens is 416 g/mol. The highest BCUT2D eigenvalue weighted by Gasteiger charge is 2.18. The molecule has 1 atom stereocenters. The number of nitrogens with one attached hydrogen (secondary N) is 2. The first-order valence-electron chi connectivity index (χ1n) is 8.47. The van der Waals surface area contributed by atoms with Gasteiger partial charge in [-0.15, -0.1) is 0 Å². The molecule has 2 N–H and O–H groups in total. The summed E-state index contributed by atoms with van der Waals surface area (Å²) in [6.07, 6.45) is 2.04. The number of nitrogens with zero attached hydrogens (tertiary/aromatic N) is 2. The van der Waals surface area contributed by atoms with Gasteiger partial charge in [-0.3, -0.25) is 4.79 Å². The minimum atomic E-state index is -3.85. The van der Waals surface area contributed by atoms with E-state index in [9.17, 15) is 13.2 Å². The number of rotatable bonds is 7. The lowest BCUT2D eigenvalue weighted by molar-refractivity contribution is -0.122. The molecule has 3 aromatic rings. The maximum atomic E-state index is 12.4. The van der Waals surface area contributed by atoms with Crippen molar-refractivity contribution in [2.45, 2.75) is 17.9 Å². The monoisotopic (exact) mass is 432 g/mol. The number of sulfonamides is 1. The minimum Gasteiger partial charge on any atom is -0.479 e. The number of benzene rings is 2. The predicted octanol–water partition coefficient (Wildman–Crippen LogP) is 3.34. The van der Waals surface area contributed by atoms with Crippen LogP contribution in [0.2, 0.25) is 5.02 Å². The zero-order valence-corrected chi connectivity index (χ0v) is 16.8. The van der Waals surface area contributed by atoms with Crippen molar-refractivity contribution in [1.29, 1.82) is 0 Å². The molecule has 0 saturated heterocycles. The Balaban J connectivity index is 1.64. The number of amides is 1. The number of carbonyl (C=O) groups excluding carboxylic acids is 1. The van der Waals surface area contributed by atoms with E-state index in [0.717, 1.165) is 0 Å². The summed E-state index contributed by atoms with van der Waals surface area (Å²) >= 11 is 6.02. The molecule has 1 amide bonds. The standard InChI is InChI=1S/C19H17ClN4O4S/c1-13(28-17-6-3-2-5-16(17)20)18(25)23-14-7-9-15(10-8-14)29(26,27)24-19-21-11-4-12-22-19/h2-13H,1H3,(H,23,25)(H,21,22,24)/t13-/m1/s1. The molecule has 10 heteroatoms. The summed E-state index contributed by atoms with van der Waals surface area (Å²) < 4.78 is 32.6. The maximum Gasteiger partial charge on any atom is 0.265 e. The van der Waals surface area contributed by atoms with Crippen LogP contribution in [-0.4, -0.2) is 30.4 Å². The second-order valence-corrected chi connectivity index (χ2v) is 7.97. The first-order chi connectivity index (χ1) is 13.8. The van der Waals surface area contributed by atoms with Gasteiger partial charge >= 0.3 is 0 Å². The molecule has 1 heterocycles. The van der Waals surface area contributed by atoms with Crippen molar-refractivity contribution in [3.63, 3.8) is 0 Å². The van der Waals surface area contributed by atoms with Gasteiger partial charge in [0.25, 0.3) is 15.9 Å². The van der Waals surface area contributed by atoms with Gasteiger partial charge in [0, 0.05) is 18.1 Å². The van der Waals surface area contributed by atoms with Gasteiger partial charge in [0.2, 0.25) is 5.95 Å². The van der Waals surface area contributed by atoms with Gasteiger partial charge in [0.1, 0.15) is 5.75 Å². The van der Waals surface area contributed by atoms with Crippen LogP contribution in [0.3, 0.4) is 0 Å². The molecule has 0 unspecified atom stereocenters. The largest absolute Gasteiger partial charge is 0.479 e. The average Bonchev–Trinajstić information content (AvgIpc) is 2.70. The van der Waals surface area contributed by atoms with Gasteiger partial charge in [-0.2, -0.15) is 0 Å². The predicted molar refractivity (Wildman–Crippen MR) is 109 cm³/mol. The first-order valence-corrected chi connectivity index (χ1v) is 10.3. The van der Waals surface area contributed by atoms with Crippen molar-refractivity contribution in [2.24, 2.45) is 0 Å². The molecule has 8 nitrogen and oxygen atoms in total. The van der Waals surface area contributed by atoms with E-state index in [1.165, 1.54) is 36.7 Å². The number of aromatic nitrogens is 2. The molecular formula is C19H17ClN4O4S. The lowest BCUT2D eigenvalue weighted by atomic mass is 10.3. The summed E-state index contributed by atoms with van der Waals surface area (Å²) in [6, 6.07) is 14.1. The molecule has 0 bridgehead atoms. The fraction of sp³-hybridized carbons (Fsp3) is 0.105. The second kappa shape index (κ2) is 8.89. The van der Waals surface area contributed by atoms with Gasteiger partial charge in [-0.1, -0.05) is 23.7 Å². The highest BCUT2D eigenvalue weighted by Crippen LogP contribution is 2.24. The molecule has 0 radical (unpaired) electrons. The summed E-state index contributed by atoms with van der Waals surface area (Å²) in [7, 11) is -3.85.